The smallest absolute Gasteiger partial charge is 0.326 e. The fourth-order valence-electron chi connectivity index (χ4n) is 2.60. The molecule has 0 fully saturated rings. The summed E-state index contributed by atoms with van der Waals surface area (Å²) in [5.74, 6) is 0.980. The van der Waals surface area contributed by atoms with Crippen molar-refractivity contribution in [2.24, 2.45) is 4.99 Å². The third-order valence-electron chi connectivity index (χ3n) is 3.75. The molecular formula is C17H15F3N4. The minimum Gasteiger partial charge on any atom is -0.326 e. The Hall–Kier alpha value is -2.83. The number of rotatable bonds is 1. The molecule has 0 aliphatic carbocycles. The number of nitrogens with zero attached hydrogens (tertiary/aromatic N) is 3. The summed E-state index contributed by atoms with van der Waals surface area (Å²) in [5.41, 5.74) is 1.13. The lowest BCUT2D eigenvalue weighted by molar-refractivity contribution is -0.141. The molecule has 0 atom stereocenters. The molecule has 4 nitrogen and oxygen atoms in total. The van der Waals surface area contributed by atoms with Crippen LogP contribution in [0, 0.1) is 6.92 Å². The lowest BCUT2D eigenvalue weighted by Gasteiger charge is -2.34. The highest BCUT2D eigenvalue weighted by Crippen LogP contribution is 2.37. The van der Waals surface area contributed by atoms with Crippen molar-refractivity contribution in [3.8, 4) is 0 Å². The van der Waals surface area contributed by atoms with Gasteiger partial charge in [-0.15, -0.1) is 0 Å². The lowest BCUT2D eigenvalue weighted by atomic mass is 10.1. The Morgan fingerprint density at radius 2 is 1.88 bits per heavy atom. The molecule has 1 aliphatic heterocycles. The number of fused-ring (bicyclic) bond motifs is 1. The van der Waals surface area contributed by atoms with Crippen molar-refractivity contribution in [3.63, 3.8) is 0 Å². The second-order valence-corrected chi connectivity index (χ2v) is 5.33. The van der Waals surface area contributed by atoms with E-state index in [-0.39, 0.29) is 5.82 Å². The average molecular weight is 332 g/mol. The Balaban J connectivity index is 2.26. The van der Waals surface area contributed by atoms with Gasteiger partial charge < -0.3 is 5.32 Å². The van der Waals surface area contributed by atoms with Gasteiger partial charge in [-0.25, -0.2) is 4.98 Å². The van der Waals surface area contributed by atoms with E-state index < -0.39 is 11.9 Å². The summed E-state index contributed by atoms with van der Waals surface area (Å²) in [6.45, 7) is 5.79. The summed E-state index contributed by atoms with van der Waals surface area (Å²) in [5, 5.41) is 3.02. The standard InChI is InChI=1S/C17H15F3N4/c1-10-6-4-5-7-13(10)24-11(2)22-15(21-3)12-8-9-14(17(18,19)20)23-16(12)24/h4-9H,2H2,1,3H3,(H,21,22). The van der Waals surface area contributed by atoms with Crippen LogP contribution in [0.15, 0.2) is 53.8 Å². The molecule has 1 aliphatic rings. The first-order chi connectivity index (χ1) is 11.3. The zero-order valence-corrected chi connectivity index (χ0v) is 13.1. The van der Waals surface area contributed by atoms with Gasteiger partial charge in [-0.2, -0.15) is 13.2 Å². The Labute approximate surface area is 137 Å². The van der Waals surface area contributed by atoms with Crippen LogP contribution in [0.5, 0.6) is 0 Å². The van der Waals surface area contributed by atoms with Crippen LogP contribution in [0.4, 0.5) is 24.7 Å². The number of nitrogens with one attached hydrogen (secondary N) is 1. The number of anilines is 2. The number of aromatic nitrogens is 1. The fourth-order valence-corrected chi connectivity index (χ4v) is 2.60. The van der Waals surface area contributed by atoms with E-state index in [2.05, 4.69) is 21.9 Å². The van der Waals surface area contributed by atoms with E-state index in [0.29, 0.717) is 22.9 Å². The van der Waals surface area contributed by atoms with Crippen LogP contribution < -0.4 is 10.2 Å². The van der Waals surface area contributed by atoms with Crippen LogP contribution >= 0.6 is 0 Å². The zero-order valence-electron chi connectivity index (χ0n) is 13.1. The number of halogens is 3. The molecule has 0 radical (unpaired) electrons. The number of aliphatic imine (C=N–C) groups is 1. The van der Waals surface area contributed by atoms with Gasteiger partial charge in [0.05, 0.1) is 11.3 Å². The first-order valence-corrected chi connectivity index (χ1v) is 7.20. The predicted octanol–water partition coefficient (Wildman–Crippen LogP) is 4.00. The molecule has 0 amide bonds. The van der Waals surface area contributed by atoms with Gasteiger partial charge in [0, 0.05) is 7.05 Å². The van der Waals surface area contributed by atoms with Gasteiger partial charge in [0.1, 0.15) is 23.2 Å². The molecule has 3 rings (SSSR count). The van der Waals surface area contributed by atoms with Crippen molar-refractivity contribution < 1.29 is 13.2 Å². The maximum Gasteiger partial charge on any atom is 0.433 e. The van der Waals surface area contributed by atoms with E-state index in [1.165, 1.54) is 6.07 Å². The molecule has 0 saturated carbocycles. The van der Waals surface area contributed by atoms with Crippen molar-refractivity contribution in [2.75, 3.05) is 11.9 Å². The van der Waals surface area contributed by atoms with Crippen molar-refractivity contribution in [3.05, 3.63) is 65.6 Å². The Bertz CT molecular complexity index is 840. The van der Waals surface area contributed by atoms with Crippen molar-refractivity contribution in [1.29, 1.82) is 0 Å². The predicted molar refractivity (Wildman–Crippen MR) is 87.3 cm³/mol. The molecule has 2 heterocycles. The minimum absolute atomic E-state index is 0.156. The molecule has 1 aromatic heterocycles. The largest absolute Gasteiger partial charge is 0.433 e. The van der Waals surface area contributed by atoms with Gasteiger partial charge in [0.2, 0.25) is 0 Å². The average Bonchev–Trinajstić information content (AvgIpc) is 2.54. The molecule has 0 saturated heterocycles. The topological polar surface area (TPSA) is 40.5 Å². The Morgan fingerprint density at radius 1 is 1.17 bits per heavy atom. The van der Waals surface area contributed by atoms with Crippen molar-refractivity contribution in [2.45, 2.75) is 13.1 Å². The van der Waals surface area contributed by atoms with Crippen LogP contribution in [-0.4, -0.2) is 17.9 Å². The molecule has 0 spiro atoms. The number of pyridine rings is 1. The quantitative estimate of drug-likeness (QED) is 0.858. The van der Waals surface area contributed by atoms with E-state index in [1.54, 1.807) is 11.9 Å². The van der Waals surface area contributed by atoms with Gasteiger partial charge >= 0.3 is 6.18 Å². The minimum atomic E-state index is -4.53. The van der Waals surface area contributed by atoms with Gasteiger partial charge in [0.25, 0.3) is 0 Å². The highest BCUT2D eigenvalue weighted by Gasteiger charge is 2.36. The highest BCUT2D eigenvalue weighted by atomic mass is 19.4. The molecule has 1 aromatic carbocycles. The van der Waals surface area contributed by atoms with E-state index in [9.17, 15) is 13.2 Å². The number of aryl methyl sites for hydroxylation is 1. The molecule has 124 valence electrons. The van der Waals surface area contributed by atoms with E-state index in [1.807, 2.05) is 31.2 Å². The van der Waals surface area contributed by atoms with Gasteiger partial charge in [-0.3, -0.25) is 9.89 Å². The maximum atomic E-state index is 13.1. The SMILES string of the molecule is C=C1NC(=NC)c2ccc(C(F)(F)F)nc2N1c1ccccc1C. The molecule has 2 aromatic rings. The van der Waals surface area contributed by atoms with Crippen molar-refractivity contribution >= 4 is 17.3 Å². The monoisotopic (exact) mass is 332 g/mol. The number of hydrogen-bond acceptors (Lipinski definition) is 3. The zero-order chi connectivity index (χ0) is 17.5. The molecule has 7 heteroatoms. The van der Waals surface area contributed by atoms with Crippen LogP contribution in [-0.2, 0) is 6.18 Å². The fraction of sp³-hybridized carbons (Fsp3) is 0.176. The van der Waals surface area contributed by atoms with Crippen LogP contribution in [0.1, 0.15) is 16.8 Å². The molecular weight excluding hydrogens is 317 g/mol. The third-order valence-corrected chi connectivity index (χ3v) is 3.75. The van der Waals surface area contributed by atoms with Crippen LogP contribution in [0.3, 0.4) is 0 Å². The number of hydrogen-bond donors (Lipinski definition) is 1. The Kier molecular flexibility index (Phi) is 3.79. The molecule has 0 bridgehead atoms. The second kappa shape index (κ2) is 5.67. The van der Waals surface area contributed by atoms with Crippen LogP contribution in [0.2, 0.25) is 0 Å². The van der Waals surface area contributed by atoms with E-state index in [0.717, 1.165) is 11.6 Å². The summed E-state index contributed by atoms with van der Waals surface area (Å²) in [6.07, 6.45) is -4.53. The molecule has 24 heavy (non-hydrogen) atoms. The normalized spacial score (nSPS) is 16.1. The molecule has 1 N–H and O–H groups in total. The van der Waals surface area contributed by atoms with Crippen molar-refractivity contribution in [1.82, 2.24) is 10.3 Å². The van der Waals surface area contributed by atoms with E-state index in [4.69, 9.17) is 0 Å². The second-order valence-electron chi connectivity index (χ2n) is 5.33. The summed E-state index contributed by atoms with van der Waals surface area (Å²) in [6, 6.07) is 9.68. The number of benzene rings is 1. The van der Waals surface area contributed by atoms with Gasteiger partial charge in [-0.05, 0) is 30.7 Å². The first kappa shape index (κ1) is 16.0. The summed E-state index contributed by atoms with van der Waals surface area (Å²) in [7, 11) is 1.56. The maximum absolute atomic E-state index is 13.1. The summed E-state index contributed by atoms with van der Waals surface area (Å²) >= 11 is 0. The number of alkyl halides is 3. The number of amidine groups is 1. The highest BCUT2D eigenvalue weighted by molar-refractivity contribution is 6.07. The third kappa shape index (κ3) is 2.62. The number of para-hydroxylation sites is 1. The van der Waals surface area contributed by atoms with Gasteiger partial charge in [0.15, 0.2) is 0 Å². The van der Waals surface area contributed by atoms with E-state index >= 15 is 0 Å². The van der Waals surface area contributed by atoms with Gasteiger partial charge in [-0.1, -0.05) is 24.8 Å². The lowest BCUT2D eigenvalue weighted by Crippen LogP contribution is -2.40. The molecule has 0 unspecified atom stereocenters. The summed E-state index contributed by atoms with van der Waals surface area (Å²) < 4.78 is 39.3. The first-order valence-electron chi connectivity index (χ1n) is 7.20. The summed E-state index contributed by atoms with van der Waals surface area (Å²) in [4.78, 5) is 9.51. The Morgan fingerprint density at radius 3 is 2.50 bits per heavy atom. The van der Waals surface area contributed by atoms with Crippen LogP contribution in [0.25, 0.3) is 0 Å².